The second kappa shape index (κ2) is 8.55. The molecule has 2 aromatic heterocycles. The van der Waals surface area contributed by atoms with Gasteiger partial charge in [-0.3, -0.25) is 14.4 Å². The van der Waals surface area contributed by atoms with Crippen LogP contribution in [0.2, 0.25) is 0 Å². The van der Waals surface area contributed by atoms with Crippen molar-refractivity contribution < 1.29 is 43.5 Å². The molecular weight excluding hydrogens is 512 g/mol. The lowest BCUT2D eigenvalue weighted by molar-refractivity contribution is -0.135. The first kappa shape index (κ1) is 23.9. The third kappa shape index (κ3) is 3.62. The average Bonchev–Trinajstić information content (AvgIpc) is 2.91. The van der Waals surface area contributed by atoms with Gasteiger partial charge in [-0.15, -0.1) is 0 Å². The molecule has 0 radical (unpaired) electrons. The Morgan fingerprint density at radius 3 is 2.44 bits per heavy atom. The number of carbonyl (C=O) groups is 1. The molecule has 0 saturated heterocycles. The van der Waals surface area contributed by atoms with Crippen molar-refractivity contribution in [1.29, 1.82) is 0 Å². The molecule has 0 aliphatic carbocycles. The van der Waals surface area contributed by atoms with Crippen molar-refractivity contribution in [2.24, 2.45) is 0 Å². The average molecular weight is 530 g/mol. The topological polar surface area (TPSA) is 177 Å². The summed E-state index contributed by atoms with van der Waals surface area (Å²) in [4.78, 5) is 39.4. The largest absolute Gasteiger partial charge is 0.507 e. The fourth-order valence-electron chi connectivity index (χ4n) is 4.80. The standard InChI is InChI=1S/C28H18O11/c1-36-12-3-5-19-14(7-12)24(33)15(10-37-19)13-8-21(32)38-20-9-18(31)23-25(34)26(35)27(39-28(23)22(13)20)11-2-4-16(29)17(30)6-11/h2-7,9-10,13,29-31,35H,8H2,1H3. The Morgan fingerprint density at radius 2 is 1.69 bits per heavy atom. The Morgan fingerprint density at radius 1 is 0.897 bits per heavy atom. The van der Waals surface area contributed by atoms with Gasteiger partial charge in [-0.05, 0) is 36.4 Å². The molecule has 0 saturated carbocycles. The molecule has 0 amide bonds. The van der Waals surface area contributed by atoms with Gasteiger partial charge in [-0.2, -0.15) is 0 Å². The molecule has 6 rings (SSSR count). The van der Waals surface area contributed by atoms with E-state index in [0.29, 0.717) is 5.75 Å². The molecule has 0 bridgehead atoms. The van der Waals surface area contributed by atoms with E-state index in [1.165, 1.54) is 25.5 Å². The van der Waals surface area contributed by atoms with Crippen molar-refractivity contribution in [1.82, 2.24) is 0 Å². The second-order valence-electron chi connectivity index (χ2n) is 8.94. The highest BCUT2D eigenvalue weighted by Gasteiger charge is 2.36. The van der Waals surface area contributed by atoms with Crippen LogP contribution in [0.25, 0.3) is 33.3 Å². The highest BCUT2D eigenvalue weighted by Crippen LogP contribution is 2.47. The van der Waals surface area contributed by atoms with E-state index in [9.17, 15) is 34.8 Å². The third-order valence-corrected chi connectivity index (χ3v) is 6.68. The summed E-state index contributed by atoms with van der Waals surface area (Å²) in [7, 11) is 1.45. The van der Waals surface area contributed by atoms with E-state index in [2.05, 4.69) is 0 Å². The molecule has 1 unspecified atom stereocenters. The predicted octanol–water partition coefficient (Wildman–Crippen LogP) is 3.84. The van der Waals surface area contributed by atoms with Crippen LogP contribution >= 0.6 is 0 Å². The lowest BCUT2D eigenvalue weighted by Crippen LogP contribution is -2.25. The number of methoxy groups -OCH3 is 1. The molecule has 5 aromatic rings. The first-order chi connectivity index (χ1) is 18.7. The maximum Gasteiger partial charge on any atom is 0.312 e. The number of hydrogen-bond donors (Lipinski definition) is 4. The van der Waals surface area contributed by atoms with Gasteiger partial charge in [0.25, 0.3) is 0 Å². The van der Waals surface area contributed by atoms with E-state index in [0.717, 1.165) is 18.2 Å². The number of rotatable bonds is 3. The Kier molecular flexibility index (Phi) is 5.25. The van der Waals surface area contributed by atoms with Crippen LogP contribution in [-0.2, 0) is 4.79 Å². The minimum Gasteiger partial charge on any atom is -0.507 e. The highest BCUT2D eigenvalue weighted by molar-refractivity contribution is 5.94. The normalized spacial score (nSPS) is 14.8. The SMILES string of the molecule is COc1ccc2occ(C3CC(=O)Oc4cc(O)c5c(=O)c(O)c(-c6ccc(O)c(O)c6)oc5c43)c(=O)c2c1. The molecule has 196 valence electrons. The number of esters is 1. The van der Waals surface area contributed by atoms with Gasteiger partial charge in [-0.1, -0.05) is 0 Å². The van der Waals surface area contributed by atoms with Crippen LogP contribution in [0.1, 0.15) is 23.5 Å². The monoisotopic (exact) mass is 530 g/mol. The van der Waals surface area contributed by atoms with Crippen LogP contribution in [0.5, 0.6) is 34.5 Å². The van der Waals surface area contributed by atoms with Gasteiger partial charge < -0.3 is 38.7 Å². The smallest absolute Gasteiger partial charge is 0.312 e. The van der Waals surface area contributed by atoms with Gasteiger partial charge in [0, 0.05) is 28.7 Å². The number of carbonyl (C=O) groups excluding carboxylic acids is 1. The molecule has 1 aliphatic rings. The van der Waals surface area contributed by atoms with Gasteiger partial charge >= 0.3 is 5.97 Å². The molecule has 39 heavy (non-hydrogen) atoms. The first-order valence-electron chi connectivity index (χ1n) is 11.6. The fourth-order valence-corrected chi connectivity index (χ4v) is 4.80. The summed E-state index contributed by atoms with van der Waals surface area (Å²) in [5.74, 6) is -4.34. The van der Waals surface area contributed by atoms with Crippen LogP contribution in [0.4, 0.5) is 0 Å². The third-order valence-electron chi connectivity index (χ3n) is 6.68. The van der Waals surface area contributed by atoms with Gasteiger partial charge in [-0.25, -0.2) is 0 Å². The predicted molar refractivity (Wildman–Crippen MR) is 136 cm³/mol. The summed E-state index contributed by atoms with van der Waals surface area (Å²) in [6, 6.07) is 9.21. The van der Waals surface area contributed by atoms with E-state index in [-0.39, 0.29) is 51.2 Å². The van der Waals surface area contributed by atoms with Crippen molar-refractivity contribution in [3.63, 3.8) is 0 Å². The van der Waals surface area contributed by atoms with E-state index in [4.69, 9.17) is 18.3 Å². The zero-order valence-electron chi connectivity index (χ0n) is 20.0. The molecule has 11 nitrogen and oxygen atoms in total. The molecule has 11 heteroatoms. The quantitative estimate of drug-likeness (QED) is 0.151. The molecule has 1 atom stereocenters. The van der Waals surface area contributed by atoms with E-state index in [1.807, 2.05) is 0 Å². The summed E-state index contributed by atoms with van der Waals surface area (Å²) >= 11 is 0. The number of hydrogen-bond acceptors (Lipinski definition) is 11. The minimum absolute atomic E-state index is 0.0283. The number of aromatic hydroxyl groups is 4. The zero-order chi connectivity index (χ0) is 27.6. The molecule has 4 N–H and O–H groups in total. The first-order valence-corrected chi connectivity index (χ1v) is 11.6. The van der Waals surface area contributed by atoms with Gasteiger partial charge in [0.1, 0.15) is 33.8 Å². The molecular formula is C28H18O11. The number of fused-ring (bicyclic) bond motifs is 4. The lowest BCUT2D eigenvalue weighted by atomic mass is 9.85. The van der Waals surface area contributed by atoms with Crippen molar-refractivity contribution >= 4 is 27.9 Å². The Balaban J connectivity index is 1.68. The number of ether oxygens (including phenoxy) is 2. The van der Waals surface area contributed by atoms with Gasteiger partial charge in [0.15, 0.2) is 22.7 Å². The summed E-state index contributed by atoms with van der Waals surface area (Å²) < 4.78 is 22.2. The highest BCUT2D eigenvalue weighted by atomic mass is 16.5. The molecule has 0 spiro atoms. The second-order valence-corrected chi connectivity index (χ2v) is 8.94. The van der Waals surface area contributed by atoms with E-state index in [1.54, 1.807) is 12.1 Å². The van der Waals surface area contributed by atoms with Gasteiger partial charge in [0.2, 0.25) is 11.2 Å². The maximum atomic E-state index is 13.6. The molecule has 1 aliphatic heterocycles. The van der Waals surface area contributed by atoms with E-state index < -0.39 is 51.1 Å². The maximum absolute atomic E-state index is 13.6. The van der Waals surface area contributed by atoms with Crippen LogP contribution in [0.3, 0.4) is 0 Å². The molecule has 3 heterocycles. The molecule has 0 fully saturated rings. The Labute approximate surface area is 217 Å². The number of benzene rings is 3. The lowest BCUT2D eigenvalue weighted by Gasteiger charge is -2.25. The summed E-state index contributed by atoms with van der Waals surface area (Å²) in [6.45, 7) is 0. The van der Waals surface area contributed by atoms with Crippen molar-refractivity contribution in [2.45, 2.75) is 12.3 Å². The van der Waals surface area contributed by atoms with Gasteiger partial charge in [0.05, 0.1) is 25.2 Å². The summed E-state index contributed by atoms with van der Waals surface area (Å²) in [6.07, 6.45) is 0.882. The minimum atomic E-state index is -1.02. The van der Waals surface area contributed by atoms with Crippen molar-refractivity contribution in [2.75, 3.05) is 7.11 Å². The number of phenolic OH excluding ortho intramolecular Hbond substituents is 3. The van der Waals surface area contributed by atoms with Crippen molar-refractivity contribution in [3.8, 4) is 45.8 Å². The Bertz CT molecular complexity index is 1970. The van der Waals surface area contributed by atoms with Crippen LogP contribution in [0.15, 0.2) is 67.2 Å². The van der Waals surface area contributed by atoms with Crippen LogP contribution in [0, 0.1) is 0 Å². The van der Waals surface area contributed by atoms with Crippen molar-refractivity contribution in [3.05, 3.63) is 80.3 Å². The molecule has 3 aromatic carbocycles. The fraction of sp³-hybridized carbons (Fsp3) is 0.107. The zero-order valence-corrected chi connectivity index (χ0v) is 20.0. The van der Waals surface area contributed by atoms with Crippen LogP contribution < -0.4 is 20.3 Å². The Hall–Kier alpha value is -5.45. The number of phenols is 3. The summed E-state index contributed by atoms with van der Waals surface area (Å²) in [5.41, 5.74) is -1.27. The summed E-state index contributed by atoms with van der Waals surface area (Å²) in [5, 5.41) is 40.7. The van der Waals surface area contributed by atoms with Crippen LogP contribution in [-0.4, -0.2) is 33.5 Å². The van der Waals surface area contributed by atoms with E-state index >= 15 is 0 Å².